The predicted octanol–water partition coefficient (Wildman–Crippen LogP) is 2.95. The van der Waals surface area contributed by atoms with Gasteiger partial charge in [-0.3, -0.25) is 9.00 Å². The minimum Gasteiger partial charge on any atom is -0.294 e. The standard InChI is InChI=1S/C13H17FO2S/c1-2-9-17(16)10-3-4-13(15)11-5-7-12(14)8-6-11/h5-8H,2-4,9-10H2,1H3. The fourth-order valence-corrected chi connectivity index (χ4v) is 2.63. The summed E-state index contributed by atoms with van der Waals surface area (Å²) in [5.74, 6) is 0.912. The molecule has 0 amide bonds. The van der Waals surface area contributed by atoms with Crippen LogP contribution in [0.2, 0.25) is 0 Å². The molecule has 4 heteroatoms. The van der Waals surface area contributed by atoms with Gasteiger partial charge in [0, 0.05) is 34.3 Å². The lowest BCUT2D eigenvalue weighted by Crippen LogP contribution is -2.05. The highest BCUT2D eigenvalue weighted by molar-refractivity contribution is 7.84. The van der Waals surface area contributed by atoms with Crippen molar-refractivity contribution < 1.29 is 13.4 Å². The summed E-state index contributed by atoms with van der Waals surface area (Å²) >= 11 is 0. The zero-order valence-corrected chi connectivity index (χ0v) is 10.8. The lowest BCUT2D eigenvalue weighted by atomic mass is 10.1. The van der Waals surface area contributed by atoms with Crippen molar-refractivity contribution in [1.29, 1.82) is 0 Å². The third kappa shape index (κ3) is 5.22. The highest BCUT2D eigenvalue weighted by atomic mass is 32.2. The molecule has 0 aromatic heterocycles. The van der Waals surface area contributed by atoms with Crippen LogP contribution in [0.25, 0.3) is 0 Å². The molecule has 0 saturated carbocycles. The van der Waals surface area contributed by atoms with Crippen molar-refractivity contribution >= 4 is 16.6 Å². The second-order valence-electron chi connectivity index (χ2n) is 3.88. The number of rotatable bonds is 7. The summed E-state index contributed by atoms with van der Waals surface area (Å²) in [7, 11) is -0.809. The Morgan fingerprint density at radius 2 is 1.88 bits per heavy atom. The van der Waals surface area contributed by atoms with Gasteiger partial charge in [-0.1, -0.05) is 6.92 Å². The van der Waals surface area contributed by atoms with Crippen LogP contribution in [0.15, 0.2) is 24.3 Å². The van der Waals surface area contributed by atoms with Crippen molar-refractivity contribution in [1.82, 2.24) is 0 Å². The van der Waals surface area contributed by atoms with E-state index in [1.807, 2.05) is 6.92 Å². The quantitative estimate of drug-likeness (QED) is 0.703. The Bertz CT molecular complexity index is 387. The second kappa shape index (κ2) is 7.33. The molecule has 0 heterocycles. The molecule has 1 aromatic carbocycles. The Labute approximate surface area is 104 Å². The molecule has 0 fully saturated rings. The number of ketones is 1. The monoisotopic (exact) mass is 256 g/mol. The summed E-state index contributed by atoms with van der Waals surface area (Å²) in [5.41, 5.74) is 0.521. The molecule has 1 aromatic rings. The van der Waals surface area contributed by atoms with Gasteiger partial charge < -0.3 is 0 Å². The smallest absolute Gasteiger partial charge is 0.162 e. The zero-order valence-electron chi connectivity index (χ0n) is 9.95. The van der Waals surface area contributed by atoms with E-state index in [2.05, 4.69) is 0 Å². The summed E-state index contributed by atoms with van der Waals surface area (Å²) in [6.45, 7) is 1.99. The number of Topliss-reactive ketones (excluding diaryl/α,β-unsaturated/α-hetero) is 1. The topological polar surface area (TPSA) is 34.1 Å². The number of carbonyl (C=O) groups is 1. The van der Waals surface area contributed by atoms with Crippen LogP contribution in [0.1, 0.15) is 36.5 Å². The predicted molar refractivity (Wildman–Crippen MR) is 68.1 cm³/mol. The molecule has 0 spiro atoms. The number of hydrogen-bond donors (Lipinski definition) is 0. The van der Waals surface area contributed by atoms with Crippen molar-refractivity contribution in [3.63, 3.8) is 0 Å². The molecule has 0 radical (unpaired) electrons. The van der Waals surface area contributed by atoms with Crippen LogP contribution in [-0.4, -0.2) is 21.5 Å². The van der Waals surface area contributed by atoms with Gasteiger partial charge in [0.15, 0.2) is 5.78 Å². The first-order valence-corrected chi connectivity index (χ1v) is 7.26. The molecule has 0 N–H and O–H groups in total. The molecule has 1 unspecified atom stereocenters. The average molecular weight is 256 g/mol. The lowest BCUT2D eigenvalue weighted by Gasteiger charge is -2.01. The first-order valence-electron chi connectivity index (χ1n) is 5.77. The van der Waals surface area contributed by atoms with Crippen LogP contribution in [0, 0.1) is 5.82 Å². The number of hydrogen-bond acceptors (Lipinski definition) is 2. The molecule has 0 aliphatic carbocycles. The number of carbonyl (C=O) groups excluding carboxylic acids is 1. The summed E-state index contributed by atoms with van der Waals surface area (Å²) < 4.78 is 24.0. The normalized spacial score (nSPS) is 12.4. The van der Waals surface area contributed by atoms with E-state index in [1.165, 1.54) is 24.3 Å². The molecule has 0 aliphatic heterocycles. The summed E-state index contributed by atoms with van der Waals surface area (Å²) in [6.07, 6.45) is 1.91. The SMILES string of the molecule is CCCS(=O)CCCC(=O)c1ccc(F)cc1. The molecule has 94 valence electrons. The molecule has 2 nitrogen and oxygen atoms in total. The van der Waals surface area contributed by atoms with E-state index in [1.54, 1.807) is 0 Å². The van der Waals surface area contributed by atoms with Gasteiger partial charge in [0.1, 0.15) is 5.82 Å². The van der Waals surface area contributed by atoms with Crippen LogP contribution in [0.5, 0.6) is 0 Å². The third-order valence-corrected chi connectivity index (χ3v) is 3.98. The van der Waals surface area contributed by atoms with Crippen molar-refractivity contribution in [2.45, 2.75) is 26.2 Å². The highest BCUT2D eigenvalue weighted by Crippen LogP contribution is 2.07. The maximum atomic E-state index is 12.6. The van der Waals surface area contributed by atoms with Gasteiger partial charge in [0.2, 0.25) is 0 Å². The second-order valence-corrected chi connectivity index (χ2v) is 5.58. The van der Waals surface area contributed by atoms with E-state index in [-0.39, 0.29) is 11.6 Å². The van der Waals surface area contributed by atoms with Gasteiger partial charge in [-0.25, -0.2) is 4.39 Å². The minimum atomic E-state index is -0.809. The van der Waals surface area contributed by atoms with Gasteiger partial charge in [-0.05, 0) is 37.1 Å². The van der Waals surface area contributed by atoms with E-state index in [0.29, 0.717) is 29.9 Å². The van der Waals surface area contributed by atoms with E-state index in [4.69, 9.17) is 0 Å². The molecule has 0 saturated heterocycles. The summed E-state index contributed by atoms with van der Waals surface area (Å²) in [4.78, 5) is 11.7. The zero-order chi connectivity index (χ0) is 12.7. The van der Waals surface area contributed by atoms with Crippen molar-refractivity contribution in [3.8, 4) is 0 Å². The first-order chi connectivity index (χ1) is 8.13. The Hall–Kier alpha value is -1.03. The van der Waals surface area contributed by atoms with Crippen molar-refractivity contribution in [2.24, 2.45) is 0 Å². The van der Waals surface area contributed by atoms with Crippen molar-refractivity contribution in [3.05, 3.63) is 35.6 Å². The van der Waals surface area contributed by atoms with Crippen LogP contribution in [0.3, 0.4) is 0 Å². The van der Waals surface area contributed by atoms with Crippen LogP contribution >= 0.6 is 0 Å². The van der Waals surface area contributed by atoms with E-state index in [0.717, 1.165) is 6.42 Å². The Morgan fingerprint density at radius 1 is 1.24 bits per heavy atom. The fourth-order valence-electron chi connectivity index (χ4n) is 1.50. The fraction of sp³-hybridized carbons (Fsp3) is 0.462. The maximum Gasteiger partial charge on any atom is 0.162 e. The summed E-state index contributed by atoms with van der Waals surface area (Å²) in [6, 6.07) is 5.53. The molecular formula is C13H17FO2S. The van der Waals surface area contributed by atoms with E-state index in [9.17, 15) is 13.4 Å². The van der Waals surface area contributed by atoms with Crippen LogP contribution in [-0.2, 0) is 10.8 Å². The average Bonchev–Trinajstić information content (AvgIpc) is 2.30. The lowest BCUT2D eigenvalue weighted by molar-refractivity contribution is 0.0982. The van der Waals surface area contributed by atoms with Gasteiger partial charge >= 0.3 is 0 Å². The summed E-state index contributed by atoms with van der Waals surface area (Å²) in [5, 5.41) is 0. The van der Waals surface area contributed by atoms with Gasteiger partial charge in [-0.2, -0.15) is 0 Å². The highest BCUT2D eigenvalue weighted by Gasteiger charge is 2.06. The van der Waals surface area contributed by atoms with Gasteiger partial charge in [-0.15, -0.1) is 0 Å². The number of benzene rings is 1. The number of halogens is 1. The van der Waals surface area contributed by atoms with E-state index < -0.39 is 10.8 Å². The molecule has 0 bridgehead atoms. The maximum absolute atomic E-state index is 12.6. The minimum absolute atomic E-state index is 0.0153. The van der Waals surface area contributed by atoms with Gasteiger partial charge in [0.25, 0.3) is 0 Å². The molecule has 1 atom stereocenters. The van der Waals surface area contributed by atoms with E-state index >= 15 is 0 Å². The molecule has 17 heavy (non-hydrogen) atoms. The molecular weight excluding hydrogens is 239 g/mol. The molecule has 0 aliphatic rings. The Kier molecular flexibility index (Phi) is 6.05. The Balaban J connectivity index is 2.35. The largest absolute Gasteiger partial charge is 0.294 e. The van der Waals surface area contributed by atoms with Gasteiger partial charge in [0.05, 0.1) is 0 Å². The third-order valence-electron chi connectivity index (χ3n) is 2.37. The molecule has 1 rings (SSSR count). The van der Waals surface area contributed by atoms with Crippen LogP contribution in [0.4, 0.5) is 4.39 Å². The Morgan fingerprint density at radius 3 is 2.47 bits per heavy atom. The first kappa shape index (κ1) is 14.0. The van der Waals surface area contributed by atoms with Crippen LogP contribution < -0.4 is 0 Å². The van der Waals surface area contributed by atoms with Crippen molar-refractivity contribution in [2.75, 3.05) is 11.5 Å².